The first-order valence-corrected chi connectivity index (χ1v) is 10.1. The fraction of sp³-hybridized carbons (Fsp3) is 0.269. The standard InChI is InChI=1S/C26H28O2/c1-20(28)22-11-13-24(14-12-22)26-17-15-25(16-18-26)23-9-7-21(8-10-23)6-4-2-3-5-19-27/h7-18,27H,2-6,19H2,1H3. The summed E-state index contributed by atoms with van der Waals surface area (Å²) >= 11 is 0. The number of aliphatic hydroxyl groups is 1. The molecular formula is C26H28O2. The molecular weight excluding hydrogens is 344 g/mol. The van der Waals surface area contributed by atoms with Crippen LogP contribution >= 0.6 is 0 Å². The van der Waals surface area contributed by atoms with Gasteiger partial charge in [-0.15, -0.1) is 0 Å². The largest absolute Gasteiger partial charge is 0.396 e. The van der Waals surface area contributed by atoms with E-state index in [1.165, 1.54) is 29.5 Å². The number of ketones is 1. The number of hydrogen-bond acceptors (Lipinski definition) is 2. The van der Waals surface area contributed by atoms with Gasteiger partial charge in [0.1, 0.15) is 0 Å². The van der Waals surface area contributed by atoms with Gasteiger partial charge in [0.2, 0.25) is 0 Å². The van der Waals surface area contributed by atoms with Crippen LogP contribution in [0.15, 0.2) is 72.8 Å². The van der Waals surface area contributed by atoms with E-state index < -0.39 is 0 Å². The predicted molar refractivity (Wildman–Crippen MR) is 117 cm³/mol. The summed E-state index contributed by atoms with van der Waals surface area (Å²) in [6.07, 6.45) is 5.47. The molecule has 0 bridgehead atoms. The number of carbonyl (C=O) groups is 1. The molecule has 2 heteroatoms. The lowest BCUT2D eigenvalue weighted by Gasteiger charge is -2.07. The quantitative estimate of drug-likeness (QED) is 0.352. The van der Waals surface area contributed by atoms with E-state index >= 15 is 0 Å². The molecule has 3 aromatic carbocycles. The highest BCUT2D eigenvalue weighted by atomic mass is 16.2. The number of Topliss-reactive ketones (excluding diaryl/α,β-unsaturated/α-hetero) is 1. The lowest BCUT2D eigenvalue weighted by Crippen LogP contribution is -1.90. The summed E-state index contributed by atoms with van der Waals surface area (Å²) in [6, 6.07) is 25.2. The third kappa shape index (κ3) is 5.40. The van der Waals surface area contributed by atoms with Crippen LogP contribution in [0.4, 0.5) is 0 Å². The fourth-order valence-corrected chi connectivity index (χ4v) is 3.41. The molecule has 0 spiro atoms. The van der Waals surface area contributed by atoms with E-state index in [2.05, 4.69) is 48.5 Å². The molecule has 0 unspecified atom stereocenters. The summed E-state index contributed by atoms with van der Waals surface area (Å²) in [7, 11) is 0. The summed E-state index contributed by atoms with van der Waals surface area (Å²) in [4.78, 5) is 11.4. The molecule has 144 valence electrons. The number of carbonyl (C=O) groups excluding carboxylic acids is 1. The number of aliphatic hydroxyl groups excluding tert-OH is 1. The maximum Gasteiger partial charge on any atom is 0.159 e. The molecule has 0 radical (unpaired) electrons. The average molecular weight is 373 g/mol. The molecule has 0 saturated carbocycles. The molecule has 0 atom stereocenters. The number of benzene rings is 3. The summed E-state index contributed by atoms with van der Waals surface area (Å²) < 4.78 is 0. The molecule has 3 aromatic rings. The lowest BCUT2D eigenvalue weighted by atomic mass is 9.98. The van der Waals surface area contributed by atoms with Crippen LogP contribution < -0.4 is 0 Å². The van der Waals surface area contributed by atoms with Crippen LogP contribution in [0.25, 0.3) is 22.3 Å². The van der Waals surface area contributed by atoms with Crippen LogP contribution in [0.1, 0.15) is 48.5 Å². The molecule has 2 nitrogen and oxygen atoms in total. The van der Waals surface area contributed by atoms with Gasteiger partial charge in [0.25, 0.3) is 0 Å². The Labute approximate surface area is 167 Å². The van der Waals surface area contributed by atoms with E-state index in [1.807, 2.05) is 24.3 Å². The van der Waals surface area contributed by atoms with Crippen LogP contribution in [0.5, 0.6) is 0 Å². The van der Waals surface area contributed by atoms with Crippen molar-refractivity contribution in [1.82, 2.24) is 0 Å². The molecule has 0 heterocycles. The third-order valence-corrected chi connectivity index (χ3v) is 5.17. The first-order valence-electron chi connectivity index (χ1n) is 10.1. The minimum Gasteiger partial charge on any atom is -0.396 e. The maximum atomic E-state index is 11.4. The highest BCUT2D eigenvalue weighted by Gasteiger charge is 2.03. The van der Waals surface area contributed by atoms with Gasteiger partial charge >= 0.3 is 0 Å². The highest BCUT2D eigenvalue weighted by Crippen LogP contribution is 2.26. The average Bonchev–Trinajstić information content (AvgIpc) is 2.74. The molecule has 3 rings (SSSR count). The topological polar surface area (TPSA) is 37.3 Å². The zero-order valence-corrected chi connectivity index (χ0v) is 16.5. The van der Waals surface area contributed by atoms with Gasteiger partial charge in [-0.05, 0) is 54.0 Å². The summed E-state index contributed by atoms with van der Waals surface area (Å²) in [5.41, 5.74) is 6.82. The Morgan fingerprint density at radius 1 is 0.643 bits per heavy atom. The van der Waals surface area contributed by atoms with Crippen molar-refractivity contribution in [1.29, 1.82) is 0 Å². The molecule has 0 saturated heterocycles. The van der Waals surface area contributed by atoms with Crippen molar-refractivity contribution in [3.63, 3.8) is 0 Å². The Morgan fingerprint density at radius 3 is 1.54 bits per heavy atom. The SMILES string of the molecule is CC(=O)c1ccc(-c2ccc(-c3ccc(CCCCCCO)cc3)cc2)cc1. The highest BCUT2D eigenvalue weighted by molar-refractivity contribution is 5.94. The van der Waals surface area contributed by atoms with Gasteiger partial charge in [0, 0.05) is 12.2 Å². The monoisotopic (exact) mass is 372 g/mol. The second-order valence-corrected chi connectivity index (χ2v) is 7.30. The summed E-state index contributed by atoms with van der Waals surface area (Å²) in [5.74, 6) is 0.0931. The Balaban J connectivity index is 1.62. The number of rotatable bonds is 9. The van der Waals surface area contributed by atoms with Crippen molar-refractivity contribution >= 4 is 5.78 Å². The van der Waals surface area contributed by atoms with Gasteiger partial charge in [0.05, 0.1) is 0 Å². The molecule has 0 amide bonds. The van der Waals surface area contributed by atoms with E-state index in [9.17, 15) is 4.79 Å². The summed E-state index contributed by atoms with van der Waals surface area (Å²) in [6.45, 7) is 1.89. The second-order valence-electron chi connectivity index (χ2n) is 7.30. The van der Waals surface area contributed by atoms with Crippen molar-refractivity contribution in [2.45, 2.75) is 39.0 Å². The normalized spacial score (nSPS) is 10.8. The maximum absolute atomic E-state index is 11.4. The molecule has 0 aliphatic rings. The molecule has 0 aromatic heterocycles. The lowest BCUT2D eigenvalue weighted by molar-refractivity contribution is 0.101. The van der Waals surface area contributed by atoms with E-state index in [0.29, 0.717) is 6.61 Å². The number of hydrogen-bond donors (Lipinski definition) is 1. The Morgan fingerprint density at radius 2 is 1.07 bits per heavy atom. The van der Waals surface area contributed by atoms with Crippen molar-refractivity contribution in [3.05, 3.63) is 83.9 Å². The molecule has 0 aliphatic heterocycles. The molecule has 0 fully saturated rings. The summed E-state index contributed by atoms with van der Waals surface area (Å²) in [5, 5.41) is 8.82. The molecule has 1 N–H and O–H groups in total. The van der Waals surface area contributed by atoms with Gasteiger partial charge in [-0.1, -0.05) is 85.6 Å². The van der Waals surface area contributed by atoms with Gasteiger partial charge in [-0.2, -0.15) is 0 Å². The van der Waals surface area contributed by atoms with Gasteiger partial charge in [0.15, 0.2) is 5.78 Å². The van der Waals surface area contributed by atoms with Crippen LogP contribution in [0, 0.1) is 0 Å². The first kappa shape index (κ1) is 20.0. The Bertz CT molecular complexity index is 875. The van der Waals surface area contributed by atoms with Crippen LogP contribution in [-0.4, -0.2) is 17.5 Å². The first-order chi connectivity index (χ1) is 13.7. The van der Waals surface area contributed by atoms with E-state index in [1.54, 1.807) is 6.92 Å². The van der Waals surface area contributed by atoms with Crippen molar-refractivity contribution in [2.75, 3.05) is 6.61 Å². The smallest absolute Gasteiger partial charge is 0.159 e. The minimum absolute atomic E-state index is 0.0931. The van der Waals surface area contributed by atoms with E-state index in [0.717, 1.165) is 36.0 Å². The zero-order chi connectivity index (χ0) is 19.8. The Kier molecular flexibility index (Phi) is 7.16. The van der Waals surface area contributed by atoms with Gasteiger partial charge in [-0.25, -0.2) is 0 Å². The van der Waals surface area contributed by atoms with Crippen LogP contribution in [0.2, 0.25) is 0 Å². The number of unbranched alkanes of at least 4 members (excludes halogenated alkanes) is 3. The van der Waals surface area contributed by atoms with Gasteiger partial charge in [-0.3, -0.25) is 4.79 Å². The number of aryl methyl sites for hydroxylation is 1. The second kappa shape index (κ2) is 10.0. The zero-order valence-electron chi connectivity index (χ0n) is 16.5. The van der Waals surface area contributed by atoms with Crippen molar-refractivity contribution < 1.29 is 9.90 Å². The fourth-order valence-electron chi connectivity index (χ4n) is 3.41. The Hall–Kier alpha value is -2.71. The van der Waals surface area contributed by atoms with Crippen molar-refractivity contribution in [2.24, 2.45) is 0 Å². The predicted octanol–water partition coefficient (Wildman–Crippen LogP) is 6.32. The molecule has 0 aliphatic carbocycles. The van der Waals surface area contributed by atoms with Gasteiger partial charge < -0.3 is 5.11 Å². The third-order valence-electron chi connectivity index (χ3n) is 5.17. The van der Waals surface area contributed by atoms with Crippen molar-refractivity contribution in [3.8, 4) is 22.3 Å². The van der Waals surface area contributed by atoms with E-state index in [4.69, 9.17) is 5.11 Å². The molecule has 28 heavy (non-hydrogen) atoms. The van der Waals surface area contributed by atoms with Crippen LogP contribution in [-0.2, 0) is 6.42 Å². The minimum atomic E-state index is 0.0931. The van der Waals surface area contributed by atoms with Crippen LogP contribution in [0.3, 0.4) is 0 Å². The van der Waals surface area contributed by atoms with E-state index in [-0.39, 0.29) is 5.78 Å².